The molecule has 6 heteroatoms. The molecule has 0 saturated heterocycles. The second kappa shape index (κ2) is 6.04. The van der Waals surface area contributed by atoms with Gasteiger partial charge in [0.1, 0.15) is 0 Å². The first kappa shape index (κ1) is 15.0. The van der Waals surface area contributed by atoms with Gasteiger partial charge in [-0.05, 0) is 43.2 Å². The number of rotatable bonds is 3. The first-order chi connectivity index (χ1) is 10.0. The average molecular weight is 310 g/mol. The molecule has 1 fully saturated rings. The van der Waals surface area contributed by atoms with Gasteiger partial charge in [0.2, 0.25) is 0 Å². The summed E-state index contributed by atoms with van der Waals surface area (Å²) in [6.07, 6.45) is 3.27. The molecule has 2 N–H and O–H groups in total. The van der Waals surface area contributed by atoms with Crippen LogP contribution in [0.15, 0.2) is 24.3 Å². The lowest BCUT2D eigenvalue weighted by Crippen LogP contribution is -2.48. The summed E-state index contributed by atoms with van der Waals surface area (Å²) in [6, 6.07) is 7.96. The lowest BCUT2D eigenvalue weighted by atomic mass is 9.94. The minimum atomic E-state index is -3.44. The Labute approximate surface area is 126 Å². The Bertz CT molecular complexity index is 595. The highest BCUT2D eigenvalue weighted by molar-refractivity contribution is 7.87. The highest BCUT2D eigenvalue weighted by Crippen LogP contribution is 2.23. The van der Waals surface area contributed by atoms with Gasteiger partial charge in [-0.25, -0.2) is 0 Å². The molecule has 0 amide bonds. The van der Waals surface area contributed by atoms with Crippen LogP contribution >= 0.6 is 0 Å². The van der Waals surface area contributed by atoms with Crippen molar-refractivity contribution in [2.24, 2.45) is 0 Å². The zero-order valence-electron chi connectivity index (χ0n) is 12.0. The topological polar surface area (TPSA) is 69.6 Å². The van der Waals surface area contributed by atoms with E-state index >= 15 is 0 Å². The molecular formula is C15H22N2O3S. The summed E-state index contributed by atoms with van der Waals surface area (Å²) < 4.78 is 29.3. The summed E-state index contributed by atoms with van der Waals surface area (Å²) in [5, 5.41) is 9.50. The van der Waals surface area contributed by atoms with E-state index in [1.807, 2.05) is 18.2 Å². The summed E-state index contributed by atoms with van der Waals surface area (Å²) in [7, 11) is -3.44. The van der Waals surface area contributed by atoms with Crippen LogP contribution in [0.5, 0.6) is 0 Å². The van der Waals surface area contributed by atoms with Gasteiger partial charge in [-0.3, -0.25) is 0 Å². The lowest BCUT2D eigenvalue weighted by molar-refractivity contribution is 0.120. The summed E-state index contributed by atoms with van der Waals surface area (Å²) in [5.74, 6) is 0. The van der Waals surface area contributed by atoms with Crippen molar-refractivity contribution < 1.29 is 13.5 Å². The van der Waals surface area contributed by atoms with E-state index in [9.17, 15) is 13.5 Å². The van der Waals surface area contributed by atoms with Gasteiger partial charge < -0.3 is 5.11 Å². The maximum Gasteiger partial charge on any atom is 0.280 e. The predicted octanol–water partition coefficient (Wildman–Crippen LogP) is 1.18. The number of aliphatic hydroxyl groups excluding tert-OH is 1. The molecule has 0 atom stereocenters. The molecule has 0 bridgehead atoms. The number of aliphatic hydroxyl groups is 1. The molecule has 1 saturated carbocycles. The Hall–Kier alpha value is -0.950. The Kier molecular flexibility index (Phi) is 4.31. The predicted molar refractivity (Wildman–Crippen MR) is 80.9 cm³/mol. The number of nitrogens with one attached hydrogen (secondary N) is 1. The van der Waals surface area contributed by atoms with Crippen LogP contribution < -0.4 is 4.72 Å². The third-order valence-electron chi connectivity index (χ3n) is 4.45. The van der Waals surface area contributed by atoms with E-state index in [1.54, 1.807) is 0 Å². The molecule has 116 valence electrons. The highest BCUT2D eigenvalue weighted by atomic mass is 32.2. The average Bonchev–Trinajstić information content (AvgIpc) is 2.49. The van der Waals surface area contributed by atoms with Crippen LogP contribution in [0.1, 0.15) is 36.8 Å². The van der Waals surface area contributed by atoms with E-state index in [2.05, 4.69) is 10.8 Å². The van der Waals surface area contributed by atoms with E-state index in [1.165, 1.54) is 9.87 Å². The summed E-state index contributed by atoms with van der Waals surface area (Å²) in [4.78, 5) is 0. The number of hydrogen-bond donors (Lipinski definition) is 2. The zero-order valence-corrected chi connectivity index (χ0v) is 12.8. The highest BCUT2D eigenvalue weighted by Gasteiger charge is 2.30. The van der Waals surface area contributed by atoms with Crippen LogP contribution in [0.25, 0.3) is 0 Å². The minimum Gasteiger partial charge on any atom is -0.393 e. The van der Waals surface area contributed by atoms with Crippen molar-refractivity contribution in [2.45, 2.75) is 50.8 Å². The normalized spacial score (nSPS) is 27.3. The maximum atomic E-state index is 12.5. The Morgan fingerprint density at radius 3 is 2.48 bits per heavy atom. The van der Waals surface area contributed by atoms with Gasteiger partial charge >= 0.3 is 0 Å². The monoisotopic (exact) mass is 310 g/mol. The Morgan fingerprint density at radius 1 is 1.10 bits per heavy atom. The van der Waals surface area contributed by atoms with Gasteiger partial charge in [0, 0.05) is 19.1 Å². The fraction of sp³-hybridized carbons (Fsp3) is 0.600. The van der Waals surface area contributed by atoms with E-state index in [0.29, 0.717) is 38.8 Å². The minimum absolute atomic E-state index is 0.0458. The second-order valence-corrected chi connectivity index (χ2v) is 7.68. The maximum absolute atomic E-state index is 12.5. The SMILES string of the molecule is O=S(=O)(NC1CCC(O)CC1)N1CCc2ccccc2C1. The Morgan fingerprint density at radius 2 is 1.76 bits per heavy atom. The third-order valence-corrected chi connectivity index (χ3v) is 6.07. The van der Waals surface area contributed by atoms with Crippen LogP contribution in [-0.2, 0) is 23.2 Å². The van der Waals surface area contributed by atoms with Gasteiger partial charge in [-0.15, -0.1) is 0 Å². The fourth-order valence-electron chi connectivity index (χ4n) is 3.15. The largest absolute Gasteiger partial charge is 0.393 e. The summed E-state index contributed by atoms with van der Waals surface area (Å²) in [5.41, 5.74) is 2.33. The number of nitrogens with zero attached hydrogens (tertiary/aromatic N) is 1. The summed E-state index contributed by atoms with van der Waals surface area (Å²) >= 11 is 0. The molecule has 0 spiro atoms. The van der Waals surface area contributed by atoms with Gasteiger partial charge in [0.25, 0.3) is 10.2 Å². The van der Waals surface area contributed by atoms with Gasteiger partial charge in [0.05, 0.1) is 6.10 Å². The standard InChI is InChI=1S/C15H22N2O3S/c18-15-7-5-14(6-8-15)16-21(19,20)17-10-9-12-3-1-2-4-13(12)11-17/h1-4,14-16,18H,5-11H2. The smallest absolute Gasteiger partial charge is 0.280 e. The van der Waals surface area contributed by atoms with E-state index in [0.717, 1.165) is 12.0 Å². The van der Waals surface area contributed by atoms with Crippen LogP contribution in [-0.4, -0.2) is 36.5 Å². The molecule has 0 unspecified atom stereocenters. The van der Waals surface area contributed by atoms with E-state index in [-0.39, 0.29) is 12.1 Å². The zero-order chi connectivity index (χ0) is 14.9. The van der Waals surface area contributed by atoms with Crippen LogP contribution in [0.4, 0.5) is 0 Å². The molecule has 3 rings (SSSR count). The lowest BCUT2D eigenvalue weighted by Gasteiger charge is -2.32. The van der Waals surface area contributed by atoms with Gasteiger partial charge in [-0.1, -0.05) is 24.3 Å². The van der Waals surface area contributed by atoms with E-state index in [4.69, 9.17) is 0 Å². The summed E-state index contributed by atoms with van der Waals surface area (Å²) in [6.45, 7) is 0.975. The molecule has 5 nitrogen and oxygen atoms in total. The molecule has 0 aromatic heterocycles. The Balaban J connectivity index is 1.66. The van der Waals surface area contributed by atoms with Crippen molar-refractivity contribution >= 4 is 10.2 Å². The first-order valence-corrected chi connectivity index (χ1v) is 9.01. The molecule has 1 aromatic rings. The molecule has 1 aliphatic heterocycles. The molecule has 1 aliphatic carbocycles. The first-order valence-electron chi connectivity index (χ1n) is 7.57. The van der Waals surface area contributed by atoms with Crippen LogP contribution in [0, 0.1) is 0 Å². The molecule has 1 heterocycles. The number of hydrogen-bond acceptors (Lipinski definition) is 3. The van der Waals surface area contributed by atoms with Gasteiger partial charge in [0.15, 0.2) is 0 Å². The van der Waals surface area contributed by atoms with Crippen molar-refractivity contribution in [3.05, 3.63) is 35.4 Å². The molecule has 21 heavy (non-hydrogen) atoms. The van der Waals surface area contributed by atoms with Crippen molar-refractivity contribution in [3.63, 3.8) is 0 Å². The van der Waals surface area contributed by atoms with E-state index < -0.39 is 10.2 Å². The molecule has 0 radical (unpaired) electrons. The number of fused-ring (bicyclic) bond motifs is 1. The van der Waals surface area contributed by atoms with Crippen molar-refractivity contribution in [2.75, 3.05) is 6.54 Å². The third kappa shape index (κ3) is 3.45. The van der Waals surface area contributed by atoms with Gasteiger partial charge in [-0.2, -0.15) is 17.4 Å². The number of benzene rings is 1. The van der Waals surface area contributed by atoms with Crippen LogP contribution in [0.3, 0.4) is 0 Å². The fourth-order valence-corrected chi connectivity index (χ4v) is 4.60. The molecular weight excluding hydrogens is 288 g/mol. The van der Waals surface area contributed by atoms with Crippen molar-refractivity contribution in [3.8, 4) is 0 Å². The second-order valence-electron chi connectivity index (χ2n) is 5.98. The van der Waals surface area contributed by atoms with Crippen molar-refractivity contribution in [1.82, 2.24) is 9.03 Å². The molecule has 2 aliphatic rings. The quantitative estimate of drug-likeness (QED) is 0.881. The molecule has 1 aromatic carbocycles. The van der Waals surface area contributed by atoms with Crippen molar-refractivity contribution in [1.29, 1.82) is 0 Å². The van der Waals surface area contributed by atoms with Crippen LogP contribution in [0.2, 0.25) is 0 Å².